The van der Waals surface area contributed by atoms with Crippen LogP contribution < -0.4 is 0 Å². The number of nitrogens with zero attached hydrogens (tertiary/aromatic N) is 4. The van der Waals surface area contributed by atoms with Gasteiger partial charge in [-0.1, -0.05) is 152 Å². The third-order valence-corrected chi connectivity index (χ3v) is 18.0. The molecular formula is C65H36N4S3. The van der Waals surface area contributed by atoms with Gasteiger partial charge in [-0.05, 0) is 94.0 Å². The van der Waals surface area contributed by atoms with E-state index in [0.717, 1.165) is 49.8 Å². The van der Waals surface area contributed by atoms with Crippen LogP contribution in [0, 0.1) is 0 Å². The molecule has 11 aromatic carbocycles. The van der Waals surface area contributed by atoms with Crippen LogP contribution in [0.1, 0.15) is 0 Å². The molecule has 5 aromatic heterocycles. The van der Waals surface area contributed by atoms with Crippen molar-refractivity contribution >= 4 is 138 Å². The zero-order chi connectivity index (χ0) is 47.0. The van der Waals surface area contributed by atoms with Crippen LogP contribution in [0.3, 0.4) is 0 Å². The first-order valence-electron chi connectivity index (χ1n) is 24.2. The molecule has 5 heterocycles. The molecule has 0 aliphatic carbocycles. The molecule has 334 valence electrons. The first-order valence-corrected chi connectivity index (χ1v) is 26.6. The largest absolute Gasteiger partial charge is 0.309 e. The van der Waals surface area contributed by atoms with Crippen LogP contribution in [0.2, 0.25) is 0 Å². The second kappa shape index (κ2) is 15.5. The first kappa shape index (κ1) is 40.2. The van der Waals surface area contributed by atoms with Crippen LogP contribution in [-0.2, 0) is 0 Å². The van der Waals surface area contributed by atoms with E-state index in [2.05, 4.69) is 223 Å². The number of hydrogen-bond donors (Lipinski definition) is 0. The van der Waals surface area contributed by atoms with Crippen molar-refractivity contribution in [3.63, 3.8) is 0 Å². The van der Waals surface area contributed by atoms with Crippen molar-refractivity contribution in [1.82, 2.24) is 19.5 Å². The normalized spacial score (nSPS) is 12.2. The van der Waals surface area contributed by atoms with Gasteiger partial charge in [-0.25, -0.2) is 15.0 Å². The molecule has 0 aliphatic rings. The number of fused-ring (bicyclic) bond motifs is 15. The highest BCUT2D eigenvalue weighted by molar-refractivity contribution is 7.26. The van der Waals surface area contributed by atoms with Crippen LogP contribution in [0.5, 0.6) is 0 Å². The van der Waals surface area contributed by atoms with Gasteiger partial charge in [0.2, 0.25) is 0 Å². The third kappa shape index (κ3) is 5.99. The average Bonchev–Trinajstić information content (AvgIpc) is 4.21. The highest BCUT2D eigenvalue weighted by Gasteiger charge is 2.23. The Bertz CT molecular complexity index is 4820. The Balaban J connectivity index is 1.01. The Morgan fingerprint density at radius 1 is 0.292 bits per heavy atom. The van der Waals surface area contributed by atoms with Crippen LogP contribution in [0.15, 0.2) is 218 Å². The number of aromatic nitrogens is 4. The molecule has 0 radical (unpaired) electrons. The van der Waals surface area contributed by atoms with Crippen molar-refractivity contribution in [3.05, 3.63) is 218 Å². The Hall–Kier alpha value is -8.59. The number of thiophene rings is 3. The molecule has 0 amide bonds. The van der Waals surface area contributed by atoms with Crippen LogP contribution in [-0.4, -0.2) is 19.5 Å². The van der Waals surface area contributed by atoms with Gasteiger partial charge in [0.25, 0.3) is 0 Å². The predicted octanol–water partition coefficient (Wildman–Crippen LogP) is 19.0. The molecule has 16 aromatic rings. The monoisotopic (exact) mass is 968 g/mol. The fraction of sp³-hybridized carbons (Fsp3) is 0. The van der Waals surface area contributed by atoms with Gasteiger partial charge in [-0.15, -0.1) is 34.0 Å². The minimum atomic E-state index is 0.625. The van der Waals surface area contributed by atoms with Crippen molar-refractivity contribution in [2.75, 3.05) is 0 Å². The summed E-state index contributed by atoms with van der Waals surface area (Å²) >= 11 is 5.46. The molecule has 0 N–H and O–H groups in total. The van der Waals surface area contributed by atoms with Gasteiger partial charge in [0.05, 0.1) is 11.0 Å². The Kier molecular flexibility index (Phi) is 8.62. The lowest BCUT2D eigenvalue weighted by atomic mass is 9.96. The molecule has 0 atom stereocenters. The molecule has 0 spiro atoms. The topological polar surface area (TPSA) is 43.6 Å². The summed E-state index contributed by atoms with van der Waals surface area (Å²) in [5.74, 6) is 1.92. The minimum Gasteiger partial charge on any atom is -0.309 e. The maximum absolute atomic E-state index is 5.60. The van der Waals surface area contributed by atoms with Gasteiger partial charge < -0.3 is 4.57 Å². The molecule has 72 heavy (non-hydrogen) atoms. The predicted molar refractivity (Wildman–Crippen MR) is 310 cm³/mol. The summed E-state index contributed by atoms with van der Waals surface area (Å²) in [5, 5.41) is 14.6. The Morgan fingerprint density at radius 2 is 0.806 bits per heavy atom. The third-order valence-electron chi connectivity index (χ3n) is 14.6. The molecule has 16 rings (SSSR count). The van der Waals surface area contributed by atoms with Gasteiger partial charge in [0.1, 0.15) is 0 Å². The highest BCUT2D eigenvalue weighted by Crippen LogP contribution is 2.46. The Labute approximate surface area is 424 Å². The second-order valence-corrected chi connectivity index (χ2v) is 21.9. The summed E-state index contributed by atoms with van der Waals surface area (Å²) in [6, 6.07) is 79.8. The lowest BCUT2D eigenvalue weighted by Gasteiger charge is -2.16. The summed E-state index contributed by atoms with van der Waals surface area (Å²) in [4.78, 5) is 16.7. The molecule has 0 aliphatic heterocycles. The molecular weight excluding hydrogens is 933 g/mol. The van der Waals surface area contributed by atoms with Crippen molar-refractivity contribution < 1.29 is 0 Å². The number of rotatable bonds is 5. The van der Waals surface area contributed by atoms with Gasteiger partial charge in [0.15, 0.2) is 17.5 Å². The summed E-state index contributed by atoms with van der Waals surface area (Å²) in [6.45, 7) is 0. The highest BCUT2D eigenvalue weighted by atomic mass is 32.1. The maximum Gasteiger partial charge on any atom is 0.164 e. The van der Waals surface area contributed by atoms with E-state index in [0.29, 0.717) is 17.5 Å². The lowest BCUT2D eigenvalue weighted by molar-refractivity contribution is 1.08. The van der Waals surface area contributed by atoms with E-state index in [1.807, 2.05) is 34.0 Å². The summed E-state index contributed by atoms with van der Waals surface area (Å²) in [6.07, 6.45) is 0. The zero-order valence-electron chi connectivity index (χ0n) is 38.3. The van der Waals surface area contributed by atoms with E-state index in [-0.39, 0.29) is 0 Å². The fourth-order valence-electron chi connectivity index (χ4n) is 11.4. The first-order chi connectivity index (χ1) is 35.7. The molecule has 0 unspecified atom stereocenters. The molecule has 0 saturated heterocycles. The van der Waals surface area contributed by atoms with E-state index in [1.54, 1.807) is 0 Å². The molecule has 0 fully saturated rings. The number of hydrogen-bond acceptors (Lipinski definition) is 6. The van der Waals surface area contributed by atoms with Crippen molar-refractivity contribution in [1.29, 1.82) is 0 Å². The maximum atomic E-state index is 5.60. The summed E-state index contributed by atoms with van der Waals surface area (Å²) < 4.78 is 9.89. The van der Waals surface area contributed by atoms with E-state index in [4.69, 9.17) is 15.0 Å². The van der Waals surface area contributed by atoms with Crippen LogP contribution >= 0.6 is 34.0 Å². The second-order valence-electron chi connectivity index (χ2n) is 18.6. The average molecular weight is 969 g/mol. The van der Waals surface area contributed by atoms with Crippen LogP contribution in [0.25, 0.3) is 155 Å². The van der Waals surface area contributed by atoms with E-state index in [1.165, 1.54) is 87.6 Å². The summed E-state index contributed by atoms with van der Waals surface area (Å²) in [5.41, 5.74) is 8.48. The zero-order valence-corrected chi connectivity index (χ0v) is 40.7. The smallest absolute Gasteiger partial charge is 0.164 e. The van der Waals surface area contributed by atoms with Gasteiger partial charge in [0, 0.05) is 99.1 Å². The quantitative estimate of drug-likeness (QED) is 0.173. The van der Waals surface area contributed by atoms with Crippen LogP contribution in [0.4, 0.5) is 0 Å². The number of benzene rings is 11. The lowest BCUT2D eigenvalue weighted by Crippen LogP contribution is -2.02. The molecule has 0 saturated carbocycles. The van der Waals surface area contributed by atoms with Crippen molar-refractivity contribution in [2.45, 2.75) is 0 Å². The Morgan fingerprint density at radius 3 is 1.49 bits per heavy atom. The van der Waals surface area contributed by atoms with Gasteiger partial charge in [-0.3, -0.25) is 0 Å². The van der Waals surface area contributed by atoms with Crippen molar-refractivity contribution in [2.24, 2.45) is 0 Å². The van der Waals surface area contributed by atoms with Gasteiger partial charge >= 0.3 is 0 Å². The molecule has 0 bridgehead atoms. The standard InChI is InChI=1S/C65H36N4S3/c1-2-15-39-34-53-52(33-38(39)14-1)45-31-27-37-13-3-4-16-42(37)62(45)69(53)41-29-32-46(51(36-41)40-28-30-44-43-17-5-8-22-54(43)72-59(44)35-40)63-66-64(49-20-11-25-57-60(49)47-18-6-9-23-55(47)70-57)68-65(67-63)50-21-12-26-58-61(50)48-19-7-10-24-56(48)71-58/h1-36H. The van der Waals surface area contributed by atoms with E-state index in [9.17, 15) is 0 Å². The summed E-state index contributed by atoms with van der Waals surface area (Å²) in [7, 11) is 0. The van der Waals surface area contributed by atoms with E-state index < -0.39 is 0 Å². The SMILES string of the molecule is c1ccc2cc3c(cc2c1)c1ccc2ccccc2c1n3-c1ccc(-c2nc(-c3cccc4sc5ccccc5c34)nc(-c3cccc4sc5ccccc5c34)n2)c(-c2ccc3c(c2)sc2ccccc23)c1. The van der Waals surface area contributed by atoms with E-state index >= 15 is 0 Å². The molecule has 4 nitrogen and oxygen atoms in total. The van der Waals surface area contributed by atoms with Crippen molar-refractivity contribution in [3.8, 4) is 51.0 Å². The molecule has 7 heteroatoms. The minimum absolute atomic E-state index is 0.625. The fourth-order valence-corrected chi connectivity index (χ4v) is 14.8. The van der Waals surface area contributed by atoms with Gasteiger partial charge in [-0.2, -0.15) is 0 Å².